The molecule has 0 aliphatic heterocycles. The maximum Gasteiger partial charge on any atom is 0.321 e. The Kier molecular flexibility index (Phi) is 6.04. The molecule has 0 bridgehead atoms. The highest BCUT2D eigenvalue weighted by atomic mass is 16.5. The quantitative estimate of drug-likeness (QED) is 0.687. The summed E-state index contributed by atoms with van der Waals surface area (Å²) < 4.78 is 10.7. The van der Waals surface area contributed by atoms with E-state index < -0.39 is 0 Å². The van der Waals surface area contributed by atoms with Gasteiger partial charge in [0.2, 0.25) is 0 Å². The molecular formula is C20H22N4O3. The molecule has 0 fully saturated rings. The molecule has 140 valence electrons. The standard InChI is InChI=1S/C20H22N4O3/c1-3-26-17-11-9-16(10-12-17)21-20(25)24(2)14-13-18-22-19(27-23-18)15-7-5-4-6-8-15/h4-12H,3,13-14H2,1-2H3,(H,21,25). The summed E-state index contributed by atoms with van der Waals surface area (Å²) in [7, 11) is 1.72. The number of nitrogens with zero attached hydrogens (tertiary/aromatic N) is 3. The van der Waals surface area contributed by atoms with Gasteiger partial charge in [0.25, 0.3) is 5.89 Å². The zero-order valence-electron chi connectivity index (χ0n) is 15.4. The number of carbonyl (C=O) groups is 1. The molecule has 0 unspecified atom stereocenters. The third-order valence-corrected chi connectivity index (χ3v) is 3.92. The van der Waals surface area contributed by atoms with Crippen LogP contribution in [0, 0.1) is 0 Å². The fraction of sp³-hybridized carbons (Fsp3) is 0.250. The normalized spacial score (nSPS) is 10.4. The van der Waals surface area contributed by atoms with E-state index in [0.29, 0.717) is 37.0 Å². The van der Waals surface area contributed by atoms with Crippen molar-refractivity contribution in [2.24, 2.45) is 0 Å². The average Bonchev–Trinajstić information content (AvgIpc) is 3.17. The molecule has 0 aliphatic rings. The van der Waals surface area contributed by atoms with E-state index in [0.717, 1.165) is 11.3 Å². The number of nitrogens with one attached hydrogen (secondary N) is 1. The number of anilines is 1. The Labute approximate surface area is 158 Å². The van der Waals surface area contributed by atoms with Crippen LogP contribution in [0.1, 0.15) is 12.7 Å². The highest BCUT2D eigenvalue weighted by molar-refractivity contribution is 5.89. The third-order valence-electron chi connectivity index (χ3n) is 3.92. The molecule has 2 aromatic carbocycles. The van der Waals surface area contributed by atoms with E-state index in [9.17, 15) is 4.79 Å². The Bertz CT molecular complexity index is 862. The summed E-state index contributed by atoms with van der Waals surface area (Å²) in [4.78, 5) is 18.2. The smallest absolute Gasteiger partial charge is 0.321 e. The van der Waals surface area contributed by atoms with Gasteiger partial charge in [-0.1, -0.05) is 23.4 Å². The van der Waals surface area contributed by atoms with Crippen molar-refractivity contribution in [3.05, 3.63) is 60.4 Å². The number of aromatic nitrogens is 2. The molecule has 2 amide bonds. The van der Waals surface area contributed by atoms with E-state index in [1.807, 2.05) is 61.5 Å². The van der Waals surface area contributed by atoms with Gasteiger partial charge < -0.3 is 19.5 Å². The van der Waals surface area contributed by atoms with Gasteiger partial charge in [0, 0.05) is 31.3 Å². The van der Waals surface area contributed by atoms with Crippen LogP contribution in [-0.2, 0) is 6.42 Å². The highest BCUT2D eigenvalue weighted by Crippen LogP contribution is 2.17. The predicted octanol–water partition coefficient (Wildman–Crippen LogP) is 3.84. The molecule has 1 heterocycles. The SMILES string of the molecule is CCOc1ccc(NC(=O)N(C)CCc2noc(-c3ccccc3)n2)cc1. The highest BCUT2D eigenvalue weighted by Gasteiger charge is 2.12. The Morgan fingerprint density at radius 1 is 1.15 bits per heavy atom. The first-order chi connectivity index (χ1) is 13.2. The van der Waals surface area contributed by atoms with Crippen LogP contribution in [-0.4, -0.2) is 41.3 Å². The zero-order valence-corrected chi connectivity index (χ0v) is 15.4. The van der Waals surface area contributed by atoms with Gasteiger partial charge in [-0.15, -0.1) is 0 Å². The Morgan fingerprint density at radius 3 is 2.59 bits per heavy atom. The van der Waals surface area contributed by atoms with Gasteiger partial charge in [-0.2, -0.15) is 4.98 Å². The number of hydrogen-bond acceptors (Lipinski definition) is 5. The lowest BCUT2D eigenvalue weighted by atomic mass is 10.2. The summed E-state index contributed by atoms with van der Waals surface area (Å²) in [5, 5.41) is 6.82. The number of benzene rings is 2. The van der Waals surface area contributed by atoms with Gasteiger partial charge in [-0.25, -0.2) is 4.79 Å². The molecule has 3 rings (SSSR count). The van der Waals surface area contributed by atoms with Crippen LogP contribution in [0.25, 0.3) is 11.5 Å². The van der Waals surface area contributed by atoms with Gasteiger partial charge >= 0.3 is 6.03 Å². The van der Waals surface area contributed by atoms with Crippen molar-refractivity contribution in [2.45, 2.75) is 13.3 Å². The minimum atomic E-state index is -0.203. The molecule has 0 saturated carbocycles. The van der Waals surface area contributed by atoms with Crippen LogP contribution < -0.4 is 10.1 Å². The van der Waals surface area contributed by atoms with Crippen molar-refractivity contribution in [3.63, 3.8) is 0 Å². The number of amides is 2. The molecule has 27 heavy (non-hydrogen) atoms. The molecular weight excluding hydrogens is 344 g/mol. The lowest BCUT2D eigenvalue weighted by Crippen LogP contribution is -2.33. The number of likely N-dealkylation sites (N-methyl/N-ethyl adjacent to an activating group) is 1. The second kappa shape index (κ2) is 8.84. The molecule has 0 spiro atoms. The van der Waals surface area contributed by atoms with Crippen molar-refractivity contribution in [2.75, 3.05) is 25.5 Å². The van der Waals surface area contributed by atoms with Crippen molar-refractivity contribution >= 4 is 11.7 Å². The molecule has 3 aromatic rings. The number of ether oxygens (including phenoxy) is 1. The Hall–Kier alpha value is -3.35. The number of rotatable bonds is 7. The first-order valence-electron chi connectivity index (χ1n) is 8.78. The molecule has 0 atom stereocenters. The maximum atomic E-state index is 12.3. The van der Waals surface area contributed by atoms with E-state index in [1.165, 1.54) is 0 Å². The van der Waals surface area contributed by atoms with E-state index >= 15 is 0 Å². The number of hydrogen-bond donors (Lipinski definition) is 1. The molecule has 7 heteroatoms. The first-order valence-corrected chi connectivity index (χ1v) is 8.78. The zero-order chi connectivity index (χ0) is 19.1. The van der Waals surface area contributed by atoms with E-state index in [2.05, 4.69) is 15.5 Å². The number of carbonyl (C=O) groups excluding carboxylic acids is 1. The van der Waals surface area contributed by atoms with Crippen LogP contribution in [0.15, 0.2) is 59.1 Å². The van der Waals surface area contributed by atoms with E-state index in [1.54, 1.807) is 11.9 Å². The second-order valence-electron chi connectivity index (χ2n) is 5.94. The van der Waals surface area contributed by atoms with E-state index in [-0.39, 0.29) is 6.03 Å². The number of urea groups is 1. The monoisotopic (exact) mass is 366 g/mol. The summed E-state index contributed by atoms with van der Waals surface area (Å²) in [5.41, 5.74) is 1.58. The molecule has 0 saturated heterocycles. The summed E-state index contributed by atoms with van der Waals surface area (Å²) in [6.07, 6.45) is 0.504. The maximum absolute atomic E-state index is 12.3. The van der Waals surface area contributed by atoms with Crippen molar-refractivity contribution < 1.29 is 14.1 Å². The minimum absolute atomic E-state index is 0.203. The minimum Gasteiger partial charge on any atom is -0.494 e. The lowest BCUT2D eigenvalue weighted by molar-refractivity contribution is 0.222. The molecule has 0 radical (unpaired) electrons. The largest absolute Gasteiger partial charge is 0.494 e. The van der Waals surface area contributed by atoms with E-state index in [4.69, 9.17) is 9.26 Å². The molecule has 1 aromatic heterocycles. The second-order valence-corrected chi connectivity index (χ2v) is 5.94. The first kappa shape index (κ1) is 18.4. The summed E-state index contributed by atoms with van der Waals surface area (Å²) >= 11 is 0. The molecule has 7 nitrogen and oxygen atoms in total. The summed E-state index contributed by atoms with van der Waals surface area (Å²) in [6, 6.07) is 16.6. The lowest BCUT2D eigenvalue weighted by Gasteiger charge is -2.17. The van der Waals surface area contributed by atoms with Crippen LogP contribution >= 0.6 is 0 Å². The van der Waals surface area contributed by atoms with Crippen molar-refractivity contribution in [3.8, 4) is 17.2 Å². The fourth-order valence-electron chi connectivity index (χ4n) is 2.44. The fourth-order valence-corrected chi connectivity index (χ4v) is 2.44. The van der Waals surface area contributed by atoms with Gasteiger partial charge in [0.05, 0.1) is 6.61 Å². The summed E-state index contributed by atoms with van der Waals surface area (Å²) in [5.74, 6) is 1.82. The van der Waals surface area contributed by atoms with Crippen LogP contribution in [0.4, 0.5) is 10.5 Å². The Balaban J connectivity index is 1.50. The van der Waals surface area contributed by atoms with Crippen LogP contribution in [0.3, 0.4) is 0 Å². The van der Waals surface area contributed by atoms with Gasteiger partial charge in [-0.05, 0) is 43.3 Å². The Morgan fingerprint density at radius 2 is 1.89 bits per heavy atom. The summed E-state index contributed by atoms with van der Waals surface area (Å²) in [6.45, 7) is 3.00. The van der Waals surface area contributed by atoms with Gasteiger partial charge in [-0.3, -0.25) is 0 Å². The van der Waals surface area contributed by atoms with Gasteiger partial charge in [0.1, 0.15) is 5.75 Å². The predicted molar refractivity (Wildman–Crippen MR) is 103 cm³/mol. The average molecular weight is 366 g/mol. The van der Waals surface area contributed by atoms with Crippen molar-refractivity contribution in [1.82, 2.24) is 15.0 Å². The third kappa shape index (κ3) is 5.07. The van der Waals surface area contributed by atoms with Crippen molar-refractivity contribution in [1.29, 1.82) is 0 Å². The van der Waals surface area contributed by atoms with Crippen LogP contribution in [0.2, 0.25) is 0 Å². The topological polar surface area (TPSA) is 80.5 Å². The molecule has 1 N–H and O–H groups in total. The molecule has 0 aliphatic carbocycles. The van der Waals surface area contributed by atoms with Gasteiger partial charge in [0.15, 0.2) is 5.82 Å². The van der Waals surface area contributed by atoms with Crippen LogP contribution in [0.5, 0.6) is 5.75 Å².